The molecule has 1 amide bonds. The summed E-state index contributed by atoms with van der Waals surface area (Å²) in [6.07, 6.45) is 5.05. The molecule has 0 saturated carbocycles. The second kappa shape index (κ2) is 6.31. The van der Waals surface area contributed by atoms with Gasteiger partial charge in [-0.2, -0.15) is 0 Å². The van der Waals surface area contributed by atoms with Crippen molar-refractivity contribution in [3.63, 3.8) is 0 Å². The summed E-state index contributed by atoms with van der Waals surface area (Å²) < 4.78 is 2.11. The average molecular weight is 334 g/mol. The first-order valence-corrected chi connectivity index (χ1v) is 8.71. The number of hydrogen-bond acceptors (Lipinski definition) is 3. The lowest BCUT2D eigenvalue weighted by Gasteiger charge is -2.17. The Bertz CT molecular complexity index is 930. The molecule has 5 heteroatoms. The maximum atomic E-state index is 12.6. The van der Waals surface area contributed by atoms with Crippen LogP contribution in [0, 0.1) is 6.92 Å². The normalized spacial score (nSPS) is 17.4. The fourth-order valence-electron chi connectivity index (χ4n) is 3.72. The van der Waals surface area contributed by atoms with Crippen LogP contribution in [0.2, 0.25) is 0 Å². The summed E-state index contributed by atoms with van der Waals surface area (Å²) in [7, 11) is 2.03. The van der Waals surface area contributed by atoms with E-state index in [2.05, 4.69) is 28.6 Å². The van der Waals surface area contributed by atoms with E-state index in [1.165, 1.54) is 5.56 Å². The number of aryl methyl sites for hydroxylation is 2. The maximum Gasteiger partial charge on any atom is 0.227 e. The fourth-order valence-corrected chi connectivity index (χ4v) is 3.72. The van der Waals surface area contributed by atoms with Crippen molar-refractivity contribution in [1.29, 1.82) is 0 Å². The van der Waals surface area contributed by atoms with Crippen molar-refractivity contribution in [2.24, 2.45) is 7.05 Å². The van der Waals surface area contributed by atoms with Crippen molar-refractivity contribution in [2.45, 2.75) is 25.7 Å². The molecule has 1 aliphatic rings. The first-order chi connectivity index (χ1) is 12.1. The third kappa shape index (κ3) is 3.02. The first kappa shape index (κ1) is 15.8. The maximum absolute atomic E-state index is 12.6. The summed E-state index contributed by atoms with van der Waals surface area (Å²) in [5.74, 6) is 1.54. The molecular formula is C20H22N4O. The number of hydrogen-bond donors (Lipinski definition) is 0. The minimum atomic E-state index is 0.202. The van der Waals surface area contributed by atoms with Gasteiger partial charge in [-0.05, 0) is 25.0 Å². The van der Waals surface area contributed by atoms with Crippen LogP contribution in [-0.2, 0) is 18.3 Å². The molecule has 1 aliphatic heterocycles. The van der Waals surface area contributed by atoms with Crippen molar-refractivity contribution in [1.82, 2.24) is 19.4 Å². The molecule has 0 unspecified atom stereocenters. The van der Waals surface area contributed by atoms with E-state index in [1.807, 2.05) is 36.3 Å². The highest BCUT2D eigenvalue weighted by Gasteiger charge is 2.30. The van der Waals surface area contributed by atoms with E-state index < -0.39 is 0 Å². The molecule has 1 saturated heterocycles. The van der Waals surface area contributed by atoms with E-state index in [1.54, 1.807) is 6.20 Å². The third-order valence-electron chi connectivity index (χ3n) is 5.06. The van der Waals surface area contributed by atoms with Crippen LogP contribution >= 0.6 is 0 Å². The number of nitrogens with zero attached hydrogens (tertiary/aromatic N) is 4. The highest BCUT2D eigenvalue weighted by molar-refractivity contribution is 5.79. The number of carbonyl (C=O) groups excluding carboxylic acids is 1. The lowest BCUT2D eigenvalue weighted by Crippen LogP contribution is -2.30. The van der Waals surface area contributed by atoms with Crippen LogP contribution < -0.4 is 0 Å². The standard InChI is InChI=1S/C20H22N4O/c1-14-4-3-5-15(10-14)11-19(25)24-9-7-16(13-24)20-22-17-6-8-21-12-18(17)23(20)2/h3-6,8,10,12,16H,7,9,11,13H2,1-2H3/t16-/m1/s1. The highest BCUT2D eigenvalue weighted by atomic mass is 16.2. The van der Waals surface area contributed by atoms with Crippen LogP contribution in [0.3, 0.4) is 0 Å². The van der Waals surface area contributed by atoms with Gasteiger partial charge in [-0.15, -0.1) is 0 Å². The molecule has 2 aromatic heterocycles. The average Bonchev–Trinajstić information content (AvgIpc) is 3.20. The number of amides is 1. The summed E-state index contributed by atoms with van der Waals surface area (Å²) >= 11 is 0. The van der Waals surface area contributed by atoms with Gasteiger partial charge in [-0.3, -0.25) is 9.78 Å². The predicted octanol–water partition coefficient (Wildman–Crippen LogP) is 2.84. The highest BCUT2D eigenvalue weighted by Crippen LogP contribution is 2.29. The molecule has 0 aliphatic carbocycles. The number of rotatable bonds is 3. The van der Waals surface area contributed by atoms with E-state index in [0.29, 0.717) is 12.3 Å². The molecule has 0 N–H and O–H groups in total. The fraction of sp³-hybridized carbons (Fsp3) is 0.350. The number of aromatic nitrogens is 3. The number of likely N-dealkylation sites (tertiary alicyclic amines) is 1. The molecule has 0 spiro atoms. The van der Waals surface area contributed by atoms with E-state index in [-0.39, 0.29) is 5.91 Å². The van der Waals surface area contributed by atoms with Crippen molar-refractivity contribution >= 4 is 16.9 Å². The second-order valence-corrected chi connectivity index (χ2v) is 6.88. The molecule has 1 fully saturated rings. The van der Waals surface area contributed by atoms with Crippen LogP contribution in [0.15, 0.2) is 42.7 Å². The van der Waals surface area contributed by atoms with Crippen molar-refractivity contribution < 1.29 is 4.79 Å². The van der Waals surface area contributed by atoms with Gasteiger partial charge < -0.3 is 9.47 Å². The Morgan fingerprint density at radius 3 is 3.00 bits per heavy atom. The Hall–Kier alpha value is -2.69. The molecule has 3 aromatic rings. The van der Waals surface area contributed by atoms with Gasteiger partial charge in [-0.1, -0.05) is 29.8 Å². The van der Waals surface area contributed by atoms with E-state index in [0.717, 1.165) is 41.9 Å². The van der Waals surface area contributed by atoms with Crippen LogP contribution in [-0.4, -0.2) is 38.4 Å². The molecule has 5 nitrogen and oxygen atoms in total. The van der Waals surface area contributed by atoms with Gasteiger partial charge in [0.15, 0.2) is 0 Å². The zero-order valence-corrected chi connectivity index (χ0v) is 14.6. The summed E-state index contributed by atoms with van der Waals surface area (Å²) in [5, 5.41) is 0. The van der Waals surface area contributed by atoms with Gasteiger partial charge in [0.05, 0.1) is 23.7 Å². The minimum absolute atomic E-state index is 0.202. The van der Waals surface area contributed by atoms with Crippen LogP contribution in [0.1, 0.15) is 29.3 Å². The van der Waals surface area contributed by atoms with E-state index >= 15 is 0 Å². The summed E-state index contributed by atoms with van der Waals surface area (Å²) in [4.78, 5) is 23.6. The van der Waals surface area contributed by atoms with E-state index in [9.17, 15) is 4.79 Å². The van der Waals surface area contributed by atoms with Gasteiger partial charge in [0.1, 0.15) is 5.82 Å². The Balaban J connectivity index is 1.49. The molecule has 0 radical (unpaired) electrons. The number of benzene rings is 1. The molecule has 0 bridgehead atoms. The SMILES string of the molecule is Cc1cccc(CC(=O)N2CC[C@@H](c3nc4ccncc4n3C)C2)c1. The molecule has 4 rings (SSSR count). The molecule has 1 atom stereocenters. The molecule has 1 aromatic carbocycles. The van der Waals surface area contributed by atoms with E-state index in [4.69, 9.17) is 4.98 Å². The Morgan fingerprint density at radius 2 is 2.20 bits per heavy atom. The van der Waals surface area contributed by atoms with Gasteiger partial charge in [0.2, 0.25) is 5.91 Å². The second-order valence-electron chi connectivity index (χ2n) is 6.88. The number of imidazole rings is 1. The van der Waals surface area contributed by atoms with Crippen molar-refractivity contribution in [3.8, 4) is 0 Å². The lowest BCUT2D eigenvalue weighted by molar-refractivity contribution is -0.129. The number of fused-ring (bicyclic) bond motifs is 1. The quantitative estimate of drug-likeness (QED) is 0.740. The van der Waals surface area contributed by atoms with Crippen molar-refractivity contribution in [3.05, 3.63) is 59.7 Å². The molecule has 3 heterocycles. The summed E-state index contributed by atoms with van der Waals surface area (Å²) in [5.41, 5.74) is 4.29. The van der Waals surface area contributed by atoms with Crippen molar-refractivity contribution in [2.75, 3.05) is 13.1 Å². The predicted molar refractivity (Wildman–Crippen MR) is 97.3 cm³/mol. The Morgan fingerprint density at radius 1 is 1.32 bits per heavy atom. The van der Waals surface area contributed by atoms with Gasteiger partial charge in [0.25, 0.3) is 0 Å². The summed E-state index contributed by atoms with van der Waals surface area (Å²) in [6, 6.07) is 10.1. The third-order valence-corrected chi connectivity index (χ3v) is 5.06. The topological polar surface area (TPSA) is 51.0 Å². The smallest absolute Gasteiger partial charge is 0.227 e. The number of carbonyl (C=O) groups is 1. The molecule has 128 valence electrons. The first-order valence-electron chi connectivity index (χ1n) is 8.71. The largest absolute Gasteiger partial charge is 0.342 e. The van der Waals surface area contributed by atoms with Crippen LogP contribution in [0.4, 0.5) is 0 Å². The lowest BCUT2D eigenvalue weighted by atomic mass is 10.1. The van der Waals surface area contributed by atoms with Gasteiger partial charge in [-0.25, -0.2) is 4.98 Å². The number of pyridine rings is 1. The molecule has 25 heavy (non-hydrogen) atoms. The van der Waals surface area contributed by atoms with Gasteiger partial charge >= 0.3 is 0 Å². The van der Waals surface area contributed by atoms with Gasteiger partial charge in [0, 0.05) is 32.3 Å². The minimum Gasteiger partial charge on any atom is -0.342 e. The van der Waals surface area contributed by atoms with Crippen LogP contribution in [0.5, 0.6) is 0 Å². The zero-order valence-electron chi connectivity index (χ0n) is 14.6. The Kier molecular flexibility index (Phi) is 3.99. The monoisotopic (exact) mass is 334 g/mol. The zero-order chi connectivity index (χ0) is 17.4. The Labute approximate surface area is 147 Å². The molecular weight excluding hydrogens is 312 g/mol. The van der Waals surface area contributed by atoms with Crippen LogP contribution in [0.25, 0.3) is 11.0 Å². The summed E-state index contributed by atoms with van der Waals surface area (Å²) in [6.45, 7) is 3.60.